The Balaban J connectivity index is 1.24. The van der Waals surface area contributed by atoms with Crippen molar-refractivity contribution >= 4 is 23.1 Å². The van der Waals surface area contributed by atoms with Crippen LogP contribution in [0.2, 0.25) is 0 Å². The van der Waals surface area contributed by atoms with Gasteiger partial charge in [0.2, 0.25) is 0 Å². The number of pyridine rings is 3. The van der Waals surface area contributed by atoms with Crippen LogP contribution in [0.25, 0.3) is 22.2 Å². The fourth-order valence-electron chi connectivity index (χ4n) is 5.67. The monoisotopic (exact) mass is 513 g/mol. The molecule has 3 aliphatic rings. The molecule has 9 nitrogen and oxygen atoms in total. The normalized spacial score (nSPS) is 18.7. The predicted molar refractivity (Wildman–Crippen MR) is 151 cm³/mol. The lowest BCUT2D eigenvalue weighted by Gasteiger charge is -2.56. The van der Waals surface area contributed by atoms with Crippen LogP contribution in [-0.2, 0) is 6.54 Å². The number of allylic oxidation sites excluding steroid dienone is 1. The van der Waals surface area contributed by atoms with Gasteiger partial charge in [-0.1, -0.05) is 5.92 Å². The summed E-state index contributed by atoms with van der Waals surface area (Å²) < 4.78 is 1.70. The molecule has 192 valence electrons. The molecule has 0 radical (unpaired) electrons. The zero-order valence-corrected chi connectivity index (χ0v) is 21.5. The number of nitriles is 1. The summed E-state index contributed by atoms with van der Waals surface area (Å²) in [7, 11) is 1.80. The number of piperidine rings is 1. The van der Waals surface area contributed by atoms with Crippen molar-refractivity contribution in [1.82, 2.24) is 29.8 Å². The SMILES string of the molecule is C#Cc1cncc(CN2C3CC2CN(c2ccc(-c4cc(/C(C=N)=C/NC)cn5ncc(C#N)c45)cn2)C3)c1. The fraction of sp³-hybridized carbons (Fsp3) is 0.233. The molecule has 0 saturated carbocycles. The predicted octanol–water partition coefficient (Wildman–Crippen LogP) is 3.32. The molecule has 0 amide bonds. The van der Waals surface area contributed by atoms with E-state index in [-0.39, 0.29) is 0 Å². The van der Waals surface area contributed by atoms with Gasteiger partial charge in [0.25, 0.3) is 0 Å². The number of anilines is 1. The number of rotatable bonds is 7. The summed E-state index contributed by atoms with van der Waals surface area (Å²) in [6.07, 6.45) is 18.7. The number of nitrogens with one attached hydrogen (secondary N) is 2. The van der Waals surface area contributed by atoms with Crippen LogP contribution in [0.4, 0.5) is 5.82 Å². The Labute approximate surface area is 226 Å². The first-order valence-corrected chi connectivity index (χ1v) is 12.8. The second kappa shape index (κ2) is 10.1. The zero-order valence-electron chi connectivity index (χ0n) is 21.5. The van der Waals surface area contributed by atoms with Gasteiger partial charge in [-0.15, -0.1) is 6.42 Å². The van der Waals surface area contributed by atoms with Crippen molar-refractivity contribution < 1.29 is 0 Å². The molecule has 2 N–H and O–H groups in total. The maximum Gasteiger partial charge on any atom is 0.128 e. The van der Waals surface area contributed by atoms with Gasteiger partial charge in [0.1, 0.15) is 11.9 Å². The molecule has 7 rings (SSSR count). The molecule has 7 heterocycles. The molecule has 0 spiro atoms. The van der Waals surface area contributed by atoms with E-state index in [4.69, 9.17) is 16.8 Å². The Morgan fingerprint density at radius 3 is 2.74 bits per heavy atom. The number of hydrogen-bond donors (Lipinski definition) is 2. The Morgan fingerprint density at radius 2 is 2.05 bits per heavy atom. The molecule has 39 heavy (non-hydrogen) atoms. The Morgan fingerprint density at radius 1 is 1.21 bits per heavy atom. The van der Waals surface area contributed by atoms with Gasteiger partial charge in [0, 0.05) is 104 Å². The smallest absolute Gasteiger partial charge is 0.128 e. The maximum absolute atomic E-state index is 9.69. The molecule has 3 fully saturated rings. The average Bonchev–Trinajstić information content (AvgIpc) is 3.41. The largest absolute Gasteiger partial charge is 0.393 e. The third-order valence-electron chi connectivity index (χ3n) is 7.57. The average molecular weight is 514 g/mol. The molecule has 2 unspecified atom stereocenters. The summed E-state index contributed by atoms with van der Waals surface area (Å²) >= 11 is 0. The first kappa shape index (κ1) is 24.4. The second-order valence-electron chi connectivity index (χ2n) is 9.89. The lowest BCUT2D eigenvalue weighted by molar-refractivity contribution is -0.00875. The van der Waals surface area contributed by atoms with Gasteiger partial charge in [-0.2, -0.15) is 10.4 Å². The Hall–Kier alpha value is -4.99. The summed E-state index contributed by atoms with van der Waals surface area (Å²) in [5.74, 6) is 3.61. The van der Waals surface area contributed by atoms with Crippen LogP contribution in [0.3, 0.4) is 0 Å². The molecule has 9 heteroatoms. The third-order valence-corrected chi connectivity index (χ3v) is 7.57. The van der Waals surface area contributed by atoms with Gasteiger partial charge in [0.15, 0.2) is 0 Å². The standard InChI is InChI=1S/C30H27N9/c1-3-20-6-21(12-34-11-20)16-38-26-8-27(38)19-37(18-26)29-5-4-22(14-35-29)28-7-23(24(9-31)13-33-2)17-39-30(28)25(10-32)15-36-39/h1,4-7,9,11-15,17,26-27,31,33H,8,16,18-19H2,2H3/b24-13+,31-9?. The molecule has 2 atom stereocenters. The molecule has 3 saturated heterocycles. The van der Waals surface area contributed by atoms with E-state index in [1.54, 1.807) is 30.2 Å². The zero-order chi connectivity index (χ0) is 26.9. The van der Waals surface area contributed by atoms with Crippen molar-refractivity contribution in [2.45, 2.75) is 25.0 Å². The molecule has 0 aliphatic carbocycles. The highest BCUT2D eigenvalue weighted by molar-refractivity contribution is 6.08. The molecule has 4 aromatic rings. The maximum atomic E-state index is 9.69. The van der Waals surface area contributed by atoms with E-state index in [1.807, 2.05) is 30.7 Å². The van der Waals surface area contributed by atoms with Gasteiger partial charge in [-0.25, -0.2) is 9.50 Å². The van der Waals surface area contributed by atoms with Crippen molar-refractivity contribution in [2.75, 3.05) is 25.0 Å². The van der Waals surface area contributed by atoms with Gasteiger partial charge >= 0.3 is 0 Å². The van der Waals surface area contributed by atoms with Gasteiger partial charge in [-0.05, 0) is 36.2 Å². The van der Waals surface area contributed by atoms with E-state index in [0.717, 1.165) is 58.8 Å². The highest BCUT2D eigenvalue weighted by Gasteiger charge is 2.44. The van der Waals surface area contributed by atoms with Gasteiger partial charge in [-0.3, -0.25) is 9.88 Å². The second-order valence-corrected chi connectivity index (χ2v) is 9.89. The molecular formula is C30H27N9. The van der Waals surface area contributed by atoms with Gasteiger partial charge < -0.3 is 15.6 Å². The van der Waals surface area contributed by atoms with E-state index < -0.39 is 0 Å². The number of terminal acetylenes is 1. The molecule has 0 aromatic carbocycles. The number of aromatic nitrogens is 4. The van der Waals surface area contributed by atoms with E-state index >= 15 is 0 Å². The minimum Gasteiger partial charge on any atom is -0.393 e. The summed E-state index contributed by atoms with van der Waals surface area (Å²) in [4.78, 5) is 14.0. The van der Waals surface area contributed by atoms with Crippen molar-refractivity contribution in [2.24, 2.45) is 0 Å². The van der Waals surface area contributed by atoms with Crippen LogP contribution in [0, 0.1) is 29.1 Å². The van der Waals surface area contributed by atoms with E-state index in [0.29, 0.717) is 23.2 Å². The van der Waals surface area contributed by atoms with E-state index in [1.165, 1.54) is 12.6 Å². The summed E-state index contributed by atoms with van der Waals surface area (Å²) in [5, 5.41) is 24.9. The number of piperazine rings is 1. The van der Waals surface area contributed by atoms with Crippen LogP contribution in [0.1, 0.15) is 28.7 Å². The Kier molecular flexibility index (Phi) is 6.28. The first-order chi connectivity index (χ1) is 19.1. The molecular weight excluding hydrogens is 486 g/mol. The molecule has 4 aromatic heterocycles. The van der Waals surface area contributed by atoms with Crippen LogP contribution in [0.5, 0.6) is 0 Å². The number of hydrogen-bond acceptors (Lipinski definition) is 8. The molecule has 3 aliphatic heterocycles. The van der Waals surface area contributed by atoms with E-state index in [2.05, 4.69) is 49.3 Å². The van der Waals surface area contributed by atoms with Gasteiger partial charge in [0.05, 0.1) is 17.3 Å². The van der Waals surface area contributed by atoms with Crippen molar-refractivity contribution in [1.29, 1.82) is 10.7 Å². The van der Waals surface area contributed by atoms with Crippen molar-refractivity contribution in [3.05, 3.63) is 83.7 Å². The number of fused-ring (bicyclic) bond motifs is 3. The number of nitrogens with zero attached hydrogens (tertiary/aromatic N) is 7. The van der Waals surface area contributed by atoms with Crippen molar-refractivity contribution in [3.8, 4) is 29.5 Å². The van der Waals surface area contributed by atoms with Crippen LogP contribution in [0.15, 0.2) is 61.4 Å². The van der Waals surface area contributed by atoms with Crippen LogP contribution >= 0.6 is 0 Å². The topological polar surface area (TPSA) is 109 Å². The van der Waals surface area contributed by atoms with Crippen LogP contribution < -0.4 is 10.2 Å². The fourth-order valence-corrected chi connectivity index (χ4v) is 5.67. The minimum absolute atomic E-state index is 0.472. The summed E-state index contributed by atoms with van der Waals surface area (Å²) in [6, 6.07) is 11.3. The van der Waals surface area contributed by atoms with Crippen molar-refractivity contribution in [3.63, 3.8) is 0 Å². The highest BCUT2D eigenvalue weighted by Crippen LogP contribution is 2.36. The summed E-state index contributed by atoms with van der Waals surface area (Å²) in [5.41, 5.74) is 6.45. The minimum atomic E-state index is 0.472. The highest BCUT2D eigenvalue weighted by atomic mass is 15.4. The van der Waals surface area contributed by atoms with Crippen LogP contribution in [-0.4, -0.2) is 62.9 Å². The van der Waals surface area contributed by atoms with E-state index in [9.17, 15) is 5.26 Å². The Bertz CT molecular complexity index is 1660. The quantitative estimate of drug-likeness (QED) is 0.288. The lowest BCUT2D eigenvalue weighted by atomic mass is 9.87. The lowest BCUT2D eigenvalue weighted by Crippen LogP contribution is -2.68. The summed E-state index contributed by atoms with van der Waals surface area (Å²) in [6.45, 7) is 2.70. The first-order valence-electron chi connectivity index (χ1n) is 12.8. The molecule has 2 bridgehead atoms. The third kappa shape index (κ3) is 4.39.